The van der Waals surface area contributed by atoms with Crippen LogP contribution in [-0.2, 0) is 0 Å². The molecule has 5 aromatic rings. The predicted molar refractivity (Wildman–Crippen MR) is 140 cm³/mol. The van der Waals surface area contributed by atoms with Crippen molar-refractivity contribution < 1.29 is 9.85 Å². The molecule has 5 rings (SSSR count). The van der Waals surface area contributed by atoms with E-state index in [0.29, 0.717) is 0 Å². The van der Waals surface area contributed by atoms with Gasteiger partial charge in [0, 0.05) is 46.1 Å². The van der Waals surface area contributed by atoms with E-state index in [-0.39, 0.29) is 11.4 Å². The second-order valence-corrected chi connectivity index (χ2v) is 8.10. The maximum atomic E-state index is 10.8. The van der Waals surface area contributed by atoms with E-state index < -0.39 is 9.85 Å². The number of nitro groups is 2. The van der Waals surface area contributed by atoms with Crippen LogP contribution in [-0.4, -0.2) is 14.8 Å². The SMILES string of the molecule is O=[N+]([O-])c1ccc(C=Cc2ccc3[nH]c4ccc(C=Cc5ccc([N+](=O)[O-])cc5)cc4c3c2)cc1. The van der Waals surface area contributed by atoms with Crippen LogP contribution in [0.3, 0.4) is 0 Å². The van der Waals surface area contributed by atoms with Crippen LogP contribution in [0.2, 0.25) is 0 Å². The summed E-state index contributed by atoms with van der Waals surface area (Å²) >= 11 is 0. The van der Waals surface area contributed by atoms with Gasteiger partial charge in [-0.3, -0.25) is 20.2 Å². The summed E-state index contributed by atoms with van der Waals surface area (Å²) in [6.45, 7) is 0. The van der Waals surface area contributed by atoms with E-state index in [1.807, 2.05) is 48.6 Å². The Hall–Kier alpha value is -5.04. The highest BCUT2D eigenvalue weighted by molar-refractivity contribution is 6.08. The van der Waals surface area contributed by atoms with E-state index in [4.69, 9.17) is 0 Å². The highest BCUT2D eigenvalue weighted by Gasteiger charge is 2.06. The first kappa shape index (κ1) is 21.8. The second-order valence-electron chi connectivity index (χ2n) is 8.10. The van der Waals surface area contributed by atoms with Gasteiger partial charge in [-0.25, -0.2) is 0 Å². The number of fused-ring (bicyclic) bond motifs is 3. The number of benzene rings is 4. The Labute approximate surface area is 200 Å². The van der Waals surface area contributed by atoms with Gasteiger partial charge in [0.15, 0.2) is 0 Å². The number of aromatic amines is 1. The fourth-order valence-electron chi connectivity index (χ4n) is 3.94. The first-order chi connectivity index (χ1) is 17.0. The number of non-ortho nitro benzene ring substituents is 2. The molecule has 0 unspecified atom stereocenters. The van der Waals surface area contributed by atoms with Crippen LogP contribution in [0, 0.1) is 20.2 Å². The Bertz CT molecular complexity index is 1510. The minimum atomic E-state index is -0.409. The van der Waals surface area contributed by atoms with Gasteiger partial charge in [0.25, 0.3) is 11.4 Å². The van der Waals surface area contributed by atoms with Gasteiger partial charge in [0.2, 0.25) is 0 Å². The molecule has 0 fully saturated rings. The molecule has 35 heavy (non-hydrogen) atoms. The lowest BCUT2D eigenvalue weighted by Crippen LogP contribution is -1.86. The highest BCUT2D eigenvalue weighted by atomic mass is 16.6. The average Bonchev–Trinajstić information content (AvgIpc) is 3.24. The van der Waals surface area contributed by atoms with Gasteiger partial charge in [-0.05, 0) is 70.8 Å². The minimum absolute atomic E-state index is 0.0702. The fraction of sp³-hybridized carbons (Fsp3) is 0. The Morgan fingerprint density at radius 2 is 0.857 bits per heavy atom. The number of nitrogens with one attached hydrogen (secondary N) is 1. The van der Waals surface area contributed by atoms with E-state index in [0.717, 1.165) is 44.1 Å². The summed E-state index contributed by atoms with van der Waals surface area (Å²) in [5.74, 6) is 0. The number of hydrogen-bond donors (Lipinski definition) is 1. The summed E-state index contributed by atoms with van der Waals surface area (Å²) in [6, 6.07) is 25.2. The normalized spacial score (nSPS) is 11.7. The van der Waals surface area contributed by atoms with Crippen molar-refractivity contribution in [3.05, 3.63) is 127 Å². The molecule has 170 valence electrons. The third-order valence-corrected chi connectivity index (χ3v) is 5.79. The third kappa shape index (κ3) is 4.69. The molecule has 7 nitrogen and oxygen atoms in total. The Morgan fingerprint density at radius 1 is 0.514 bits per heavy atom. The molecular weight excluding hydrogens is 442 g/mol. The highest BCUT2D eigenvalue weighted by Crippen LogP contribution is 2.28. The minimum Gasteiger partial charge on any atom is -0.355 e. The first-order valence-electron chi connectivity index (χ1n) is 10.9. The largest absolute Gasteiger partial charge is 0.355 e. The molecule has 1 heterocycles. The van der Waals surface area contributed by atoms with Crippen LogP contribution in [0.25, 0.3) is 46.1 Å². The van der Waals surface area contributed by atoms with Gasteiger partial charge in [-0.2, -0.15) is 0 Å². The van der Waals surface area contributed by atoms with Crippen molar-refractivity contribution in [2.24, 2.45) is 0 Å². The van der Waals surface area contributed by atoms with Crippen LogP contribution in [0.4, 0.5) is 11.4 Å². The van der Waals surface area contributed by atoms with Crippen LogP contribution >= 0.6 is 0 Å². The van der Waals surface area contributed by atoms with Gasteiger partial charge in [0.1, 0.15) is 0 Å². The van der Waals surface area contributed by atoms with Crippen LogP contribution in [0.1, 0.15) is 22.3 Å². The van der Waals surface area contributed by atoms with E-state index in [9.17, 15) is 20.2 Å². The Kier molecular flexibility index (Phi) is 5.65. The summed E-state index contributed by atoms with van der Waals surface area (Å²) < 4.78 is 0. The van der Waals surface area contributed by atoms with Crippen molar-refractivity contribution in [2.45, 2.75) is 0 Å². The van der Waals surface area contributed by atoms with Gasteiger partial charge in [-0.15, -0.1) is 0 Å². The van der Waals surface area contributed by atoms with Crippen molar-refractivity contribution in [2.75, 3.05) is 0 Å². The van der Waals surface area contributed by atoms with Crippen LogP contribution in [0.5, 0.6) is 0 Å². The smallest absolute Gasteiger partial charge is 0.269 e. The average molecular weight is 461 g/mol. The number of nitrogens with zero attached hydrogens (tertiary/aromatic N) is 2. The van der Waals surface area contributed by atoms with Gasteiger partial charge >= 0.3 is 0 Å². The molecule has 0 radical (unpaired) electrons. The zero-order valence-corrected chi connectivity index (χ0v) is 18.4. The van der Waals surface area contributed by atoms with Crippen molar-refractivity contribution in [1.82, 2.24) is 4.98 Å². The molecule has 7 heteroatoms. The Balaban J connectivity index is 1.42. The fourth-order valence-corrected chi connectivity index (χ4v) is 3.94. The molecule has 0 saturated carbocycles. The van der Waals surface area contributed by atoms with Crippen molar-refractivity contribution >= 4 is 57.5 Å². The van der Waals surface area contributed by atoms with Gasteiger partial charge < -0.3 is 4.98 Å². The van der Waals surface area contributed by atoms with Crippen molar-refractivity contribution in [3.63, 3.8) is 0 Å². The molecule has 4 aromatic carbocycles. The summed E-state index contributed by atoms with van der Waals surface area (Å²) in [6.07, 6.45) is 7.83. The topological polar surface area (TPSA) is 102 Å². The van der Waals surface area contributed by atoms with E-state index in [1.165, 1.54) is 24.3 Å². The maximum Gasteiger partial charge on any atom is 0.269 e. The molecular formula is C28H19N3O4. The molecule has 1 aromatic heterocycles. The first-order valence-corrected chi connectivity index (χ1v) is 10.9. The zero-order chi connectivity index (χ0) is 24.4. The van der Waals surface area contributed by atoms with Crippen molar-refractivity contribution in [1.29, 1.82) is 0 Å². The standard InChI is InChI=1S/C28H19N3O4/c32-30(33)23-11-5-19(6-12-23)1-3-21-9-15-27-25(17-21)26-18-22(10-16-28(26)29-27)4-2-20-7-13-24(14-8-20)31(34)35/h1-18,29H. The third-order valence-electron chi connectivity index (χ3n) is 5.79. The van der Waals surface area contributed by atoms with Crippen molar-refractivity contribution in [3.8, 4) is 0 Å². The maximum absolute atomic E-state index is 10.8. The van der Waals surface area contributed by atoms with E-state index >= 15 is 0 Å². The van der Waals surface area contributed by atoms with Gasteiger partial charge in [-0.1, -0.05) is 36.4 Å². The van der Waals surface area contributed by atoms with Crippen LogP contribution in [0.15, 0.2) is 84.9 Å². The Morgan fingerprint density at radius 3 is 1.23 bits per heavy atom. The summed E-state index contributed by atoms with van der Waals surface area (Å²) in [7, 11) is 0. The molecule has 0 aliphatic heterocycles. The number of nitro benzene ring substituents is 2. The van der Waals surface area contributed by atoms with E-state index in [2.05, 4.69) is 17.1 Å². The number of aromatic nitrogens is 1. The lowest BCUT2D eigenvalue weighted by atomic mass is 10.1. The zero-order valence-electron chi connectivity index (χ0n) is 18.4. The molecule has 0 spiro atoms. The molecule has 1 N–H and O–H groups in total. The molecule has 0 aliphatic carbocycles. The molecule has 0 saturated heterocycles. The lowest BCUT2D eigenvalue weighted by molar-refractivity contribution is -0.385. The summed E-state index contributed by atoms with van der Waals surface area (Å²) in [5.41, 5.74) is 6.00. The van der Waals surface area contributed by atoms with Crippen LogP contribution < -0.4 is 0 Å². The summed E-state index contributed by atoms with van der Waals surface area (Å²) in [5, 5.41) is 23.8. The lowest BCUT2D eigenvalue weighted by Gasteiger charge is -1.98. The van der Waals surface area contributed by atoms with Gasteiger partial charge in [0.05, 0.1) is 9.85 Å². The summed E-state index contributed by atoms with van der Waals surface area (Å²) in [4.78, 5) is 24.3. The second kappa shape index (κ2) is 9.07. The quantitative estimate of drug-likeness (QED) is 0.161. The molecule has 0 atom stereocenters. The van der Waals surface area contributed by atoms with E-state index in [1.54, 1.807) is 24.3 Å². The number of hydrogen-bond acceptors (Lipinski definition) is 4. The monoisotopic (exact) mass is 461 g/mol. The number of H-pyrrole nitrogens is 1. The molecule has 0 amide bonds. The molecule has 0 aliphatic rings. The number of rotatable bonds is 6. The predicted octanol–water partition coefficient (Wildman–Crippen LogP) is 7.48. The molecule has 0 bridgehead atoms.